The molecule has 1 aliphatic carbocycles. The highest BCUT2D eigenvalue weighted by atomic mass is 35.5. The predicted octanol–water partition coefficient (Wildman–Crippen LogP) is 4.54. The van der Waals surface area contributed by atoms with Gasteiger partial charge in [0.2, 0.25) is 0 Å². The Morgan fingerprint density at radius 3 is 2.84 bits per heavy atom. The summed E-state index contributed by atoms with van der Waals surface area (Å²) in [6, 6.07) is 6.21. The fourth-order valence-electron chi connectivity index (χ4n) is 2.46. The fourth-order valence-corrected chi connectivity index (χ4v) is 2.55. The smallest absolute Gasteiger partial charge is 0.134 e. The van der Waals surface area contributed by atoms with Crippen molar-refractivity contribution in [2.75, 3.05) is 12.5 Å². The first-order chi connectivity index (χ1) is 9.29. The van der Waals surface area contributed by atoms with E-state index in [-0.39, 0.29) is 0 Å². The largest absolute Gasteiger partial charge is 0.492 e. The maximum Gasteiger partial charge on any atom is 0.134 e. The highest BCUT2D eigenvalue weighted by Gasteiger charge is 2.16. The molecule has 0 heterocycles. The number of hydrogen-bond donors (Lipinski definition) is 0. The SMILES string of the molecule is Cc1ccc(OCC2CCCC2)c(C#CCCCl)c1. The standard InChI is InChI=1S/C17H21ClO/c1-14-9-10-17(16(12-14)8-4-5-11-18)19-13-15-6-2-3-7-15/h9-10,12,15H,2-3,5-7,11,13H2,1H3. The van der Waals surface area contributed by atoms with Gasteiger partial charge in [-0.3, -0.25) is 0 Å². The predicted molar refractivity (Wildman–Crippen MR) is 80.8 cm³/mol. The van der Waals surface area contributed by atoms with Gasteiger partial charge in [-0.05, 0) is 43.4 Å². The van der Waals surface area contributed by atoms with E-state index in [0.29, 0.717) is 5.88 Å². The van der Waals surface area contributed by atoms with Crippen LogP contribution in [0.2, 0.25) is 0 Å². The number of alkyl halides is 1. The van der Waals surface area contributed by atoms with Crippen LogP contribution in [0, 0.1) is 24.7 Å². The lowest BCUT2D eigenvalue weighted by Gasteiger charge is -2.13. The van der Waals surface area contributed by atoms with E-state index in [9.17, 15) is 0 Å². The van der Waals surface area contributed by atoms with E-state index in [1.165, 1.54) is 31.2 Å². The van der Waals surface area contributed by atoms with Crippen LogP contribution in [0.1, 0.15) is 43.2 Å². The summed E-state index contributed by atoms with van der Waals surface area (Å²) in [6.45, 7) is 2.90. The van der Waals surface area contributed by atoms with E-state index in [1.807, 2.05) is 6.07 Å². The van der Waals surface area contributed by atoms with Gasteiger partial charge in [-0.15, -0.1) is 11.6 Å². The molecule has 1 fully saturated rings. The Morgan fingerprint density at radius 1 is 1.32 bits per heavy atom. The van der Waals surface area contributed by atoms with Crippen LogP contribution in [-0.2, 0) is 0 Å². The van der Waals surface area contributed by atoms with Crippen LogP contribution in [0.4, 0.5) is 0 Å². The molecule has 0 spiro atoms. The molecule has 1 aromatic carbocycles. The molecule has 0 atom stereocenters. The number of aryl methyl sites for hydroxylation is 1. The van der Waals surface area contributed by atoms with Crippen LogP contribution in [-0.4, -0.2) is 12.5 Å². The van der Waals surface area contributed by atoms with Crippen LogP contribution in [0.25, 0.3) is 0 Å². The van der Waals surface area contributed by atoms with E-state index in [4.69, 9.17) is 16.3 Å². The van der Waals surface area contributed by atoms with Gasteiger partial charge >= 0.3 is 0 Å². The van der Waals surface area contributed by atoms with Crippen molar-refractivity contribution in [3.8, 4) is 17.6 Å². The maximum atomic E-state index is 5.97. The Bertz CT molecular complexity index is 464. The summed E-state index contributed by atoms with van der Waals surface area (Å²) < 4.78 is 5.97. The molecule has 1 saturated carbocycles. The molecule has 0 N–H and O–H groups in total. The zero-order chi connectivity index (χ0) is 13.5. The van der Waals surface area contributed by atoms with Crippen molar-refractivity contribution >= 4 is 11.6 Å². The molecule has 2 rings (SSSR count). The lowest BCUT2D eigenvalue weighted by Crippen LogP contribution is -2.08. The van der Waals surface area contributed by atoms with Gasteiger partial charge in [0, 0.05) is 12.3 Å². The third kappa shape index (κ3) is 4.48. The minimum Gasteiger partial charge on any atom is -0.492 e. The Labute approximate surface area is 121 Å². The number of hydrogen-bond acceptors (Lipinski definition) is 1. The number of rotatable bonds is 4. The first-order valence-electron chi connectivity index (χ1n) is 7.08. The van der Waals surface area contributed by atoms with Crippen molar-refractivity contribution in [1.29, 1.82) is 0 Å². The summed E-state index contributed by atoms with van der Waals surface area (Å²) in [4.78, 5) is 0. The Hall–Kier alpha value is -1.13. The molecule has 0 bridgehead atoms. The van der Waals surface area contributed by atoms with Gasteiger partial charge in [-0.2, -0.15) is 0 Å². The summed E-state index contributed by atoms with van der Waals surface area (Å²) in [5, 5.41) is 0. The second-order valence-corrected chi connectivity index (χ2v) is 5.58. The molecule has 2 heteroatoms. The lowest BCUT2D eigenvalue weighted by molar-refractivity contribution is 0.251. The average Bonchev–Trinajstić information content (AvgIpc) is 2.91. The topological polar surface area (TPSA) is 9.23 Å². The molecule has 1 aliphatic rings. The van der Waals surface area contributed by atoms with Crippen molar-refractivity contribution in [2.24, 2.45) is 5.92 Å². The molecule has 102 valence electrons. The van der Waals surface area contributed by atoms with Crippen LogP contribution in [0.5, 0.6) is 5.75 Å². The zero-order valence-corrected chi connectivity index (χ0v) is 12.3. The molecule has 1 aromatic rings. The minimum absolute atomic E-state index is 0.580. The normalized spacial score (nSPS) is 15.1. The monoisotopic (exact) mass is 276 g/mol. The molecular formula is C17H21ClO. The highest BCUT2D eigenvalue weighted by molar-refractivity contribution is 6.18. The van der Waals surface area contributed by atoms with Gasteiger partial charge in [0.1, 0.15) is 5.75 Å². The summed E-state index contributed by atoms with van der Waals surface area (Å²) in [6.07, 6.45) is 6.03. The molecule has 0 unspecified atom stereocenters. The second kappa shape index (κ2) is 7.46. The van der Waals surface area contributed by atoms with Crippen molar-refractivity contribution in [3.63, 3.8) is 0 Å². The molecule has 0 aromatic heterocycles. The van der Waals surface area contributed by atoms with Crippen LogP contribution < -0.4 is 4.74 Å². The first-order valence-corrected chi connectivity index (χ1v) is 7.61. The maximum absolute atomic E-state index is 5.97. The molecule has 0 saturated heterocycles. The number of halogens is 1. The van der Waals surface area contributed by atoms with Gasteiger partial charge in [-0.1, -0.05) is 30.7 Å². The van der Waals surface area contributed by atoms with Gasteiger partial charge in [0.15, 0.2) is 0 Å². The minimum atomic E-state index is 0.580. The Kier molecular flexibility index (Phi) is 5.61. The van der Waals surface area contributed by atoms with Crippen LogP contribution >= 0.6 is 11.6 Å². The van der Waals surface area contributed by atoms with E-state index in [0.717, 1.165) is 30.3 Å². The van der Waals surface area contributed by atoms with Gasteiger partial charge in [0.25, 0.3) is 0 Å². The van der Waals surface area contributed by atoms with E-state index >= 15 is 0 Å². The first kappa shape index (κ1) is 14.3. The van der Waals surface area contributed by atoms with E-state index in [2.05, 4.69) is 30.9 Å². The zero-order valence-electron chi connectivity index (χ0n) is 11.5. The summed E-state index contributed by atoms with van der Waals surface area (Å²) in [7, 11) is 0. The van der Waals surface area contributed by atoms with Crippen molar-refractivity contribution in [3.05, 3.63) is 29.3 Å². The van der Waals surface area contributed by atoms with Crippen LogP contribution in [0.15, 0.2) is 18.2 Å². The van der Waals surface area contributed by atoms with Gasteiger partial charge in [0.05, 0.1) is 12.2 Å². The van der Waals surface area contributed by atoms with Gasteiger partial charge in [-0.25, -0.2) is 0 Å². The average molecular weight is 277 g/mol. The molecular weight excluding hydrogens is 256 g/mol. The highest BCUT2D eigenvalue weighted by Crippen LogP contribution is 2.27. The Balaban J connectivity index is 2.03. The third-order valence-electron chi connectivity index (χ3n) is 3.53. The number of benzene rings is 1. The second-order valence-electron chi connectivity index (χ2n) is 5.20. The molecule has 0 radical (unpaired) electrons. The fraction of sp³-hybridized carbons (Fsp3) is 0.529. The summed E-state index contributed by atoms with van der Waals surface area (Å²) in [5.41, 5.74) is 2.20. The number of ether oxygens (including phenoxy) is 1. The van der Waals surface area contributed by atoms with Gasteiger partial charge < -0.3 is 4.74 Å². The molecule has 19 heavy (non-hydrogen) atoms. The quantitative estimate of drug-likeness (QED) is 0.579. The van der Waals surface area contributed by atoms with Crippen molar-refractivity contribution in [1.82, 2.24) is 0 Å². The van der Waals surface area contributed by atoms with Crippen LogP contribution in [0.3, 0.4) is 0 Å². The molecule has 1 nitrogen and oxygen atoms in total. The third-order valence-corrected chi connectivity index (χ3v) is 3.72. The summed E-state index contributed by atoms with van der Waals surface area (Å²) >= 11 is 5.65. The molecule has 0 aliphatic heterocycles. The van der Waals surface area contributed by atoms with E-state index in [1.54, 1.807) is 0 Å². The van der Waals surface area contributed by atoms with Crippen molar-refractivity contribution in [2.45, 2.75) is 39.0 Å². The molecule has 0 amide bonds. The Morgan fingerprint density at radius 2 is 2.11 bits per heavy atom. The van der Waals surface area contributed by atoms with E-state index < -0.39 is 0 Å². The van der Waals surface area contributed by atoms with Crippen molar-refractivity contribution < 1.29 is 4.74 Å². The summed E-state index contributed by atoms with van der Waals surface area (Å²) in [5.74, 6) is 8.48. The lowest BCUT2D eigenvalue weighted by atomic mass is 10.1.